The van der Waals surface area contributed by atoms with Gasteiger partial charge in [-0.15, -0.1) is 0 Å². The van der Waals surface area contributed by atoms with Crippen LogP contribution in [0.25, 0.3) is 0 Å². The fourth-order valence-corrected chi connectivity index (χ4v) is 2.13. The molecule has 0 saturated heterocycles. The molecule has 2 amide bonds. The van der Waals surface area contributed by atoms with Crippen LogP contribution in [0, 0.1) is 6.92 Å². The molecule has 0 bridgehead atoms. The van der Waals surface area contributed by atoms with Crippen molar-refractivity contribution < 1.29 is 9.59 Å². The van der Waals surface area contributed by atoms with Crippen LogP contribution in [-0.4, -0.2) is 23.4 Å². The predicted octanol–water partition coefficient (Wildman–Crippen LogP) is 1.21. The third-order valence-corrected chi connectivity index (χ3v) is 3.50. The Kier molecular flexibility index (Phi) is 5.32. The number of benzene rings is 2. The molecule has 120 valence electrons. The molecule has 2 aromatic carbocycles. The molecule has 0 aliphatic carbocycles. The van der Waals surface area contributed by atoms with Gasteiger partial charge in [0.2, 0.25) is 5.91 Å². The molecule has 0 aliphatic heterocycles. The third kappa shape index (κ3) is 4.31. The van der Waals surface area contributed by atoms with Crippen molar-refractivity contribution in [1.82, 2.24) is 10.3 Å². The summed E-state index contributed by atoms with van der Waals surface area (Å²) in [5.41, 5.74) is 8.45. The number of rotatable bonds is 5. The Balaban J connectivity index is 1.91. The second-order valence-electron chi connectivity index (χ2n) is 5.22. The Hall–Kier alpha value is -2.86. The molecule has 0 spiro atoms. The van der Waals surface area contributed by atoms with Crippen LogP contribution in [-0.2, 0) is 11.3 Å². The van der Waals surface area contributed by atoms with Gasteiger partial charge in [0.05, 0.1) is 5.56 Å². The Morgan fingerprint density at radius 3 is 2.43 bits per heavy atom. The number of para-hydroxylation sites is 1. The lowest BCUT2D eigenvalue weighted by atomic mass is 10.1. The lowest BCUT2D eigenvalue weighted by Gasteiger charge is -2.17. The second-order valence-corrected chi connectivity index (χ2v) is 5.22. The number of nitrogen functional groups attached to an aromatic ring is 1. The summed E-state index contributed by atoms with van der Waals surface area (Å²) in [6.07, 6.45) is 0. The van der Waals surface area contributed by atoms with Gasteiger partial charge in [0.25, 0.3) is 5.91 Å². The average Bonchev–Trinajstić information content (AvgIpc) is 2.54. The van der Waals surface area contributed by atoms with Gasteiger partial charge in [-0.25, -0.2) is 5.84 Å². The van der Waals surface area contributed by atoms with Crippen LogP contribution in [0.3, 0.4) is 0 Å². The number of aryl methyl sites for hydroxylation is 1. The van der Waals surface area contributed by atoms with Gasteiger partial charge in [0, 0.05) is 12.2 Å². The van der Waals surface area contributed by atoms with E-state index in [9.17, 15) is 9.59 Å². The maximum Gasteiger partial charge on any atom is 0.270 e. The van der Waals surface area contributed by atoms with Gasteiger partial charge >= 0.3 is 0 Å². The van der Waals surface area contributed by atoms with Crippen molar-refractivity contribution in [2.45, 2.75) is 13.5 Å². The lowest BCUT2D eigenvalue weighted by molar-refractivity contribution is -0.122. The van der Waals surface area contributed by atoms with Gasteiger partial charge in [-0.1, -0.05) is 36.4 Å². The van der Waals surface area contributed by atoms with E-state index in [1.807, 2.05) is 31.2 Å². The molecular weight excluding hydrogens is 292 g/mol. The van der Waals surface area contributed by atoms with Crippen molar-refractivity contribution in [3.63, 3.8) is 0 Å². The molecule has 0 heterocycles. The largest absolute Gasteiger partial charge is 0.398 e. The zero-order valence-corrected chi connectivity index (χ0v) is 13.0. The second kappa shape index (κ2) is 7.42. The summed E-state index contributed by atoms with van der Waals surface area (Å²) in [5, 5.41) is 3.61. The van der Waals surface area contributed by atoms with Crippen molar-refractivity contribution in [3.05, 3.63) is 65.2 Å². The predicted molar refractivity (Wildman–Crippen MR) is 89.1 cm³/mol. The van der Waals surface area contributed by atoms with E-state index in [1.54, 1.807) is 24.3 Å². The summed E-state index contributed by atoms with van der Waals surface area (Å²) in [7, 11) is 0. The van der Waals surface area contributed by atoms with Gasteiger partial charge in [-0.05, 0) is 30.2 Å². The maximum absolute atomic E-state index is 12.2. The highest BCUT2D eigenvalue weighted by Gasteiger charge is 2.17. The van der Waals surface area contributed by atoms with E-state index in [-0.39, 0.29) is 18.0 Å². The molecule has 0 unspecified atom stereocenters. The number of anilines is 1. The Bertz CT molecular complexity index is 715. The summed E-state index contributed by atoms with van der Waals surface area (Å²) in [5.74, 6) is 4.86. The number of hydrogen-bond donors (Lipinski definition) is 3. The normalized spacial score (nSPS) is 10.2. The van der Waals surface area contributed by atoms with E-state index in [1.165, 1.54) is 0 Å². The minimum atomic E-state index is -0.492. The van der Waals surface area contributed by atoms with E-state index >= 15 is 0 Å². The zero-order chi connectivity index (χ0) is 16.8. The summed E-state index contributed by atoms with van der Waals surface area (Å²) in [6, 6.07) is 14.3. The van der Waals surface area contributed by atoms with Gasteiger partial charge in [-0.2, -0.15) is 0 Å². The molecule has 0 fully saturated rings. The number of carbonyl (C=O) groups excluding carboxylic acids is 2. The fraction of sp³-hybridized carbons (Fsp3) is 0.176. The van der Waals surface area contributed by atoms with Gasteiger partial charge in [0.1, 0.15) is 6.54 Å². The minimum absolute atomic E-state index is 0.237. The van der Waals surface area contributed by atoms with E-state index in [0.717, 1.165) is 16.1 Å². The molecule has 2 rings (SSSR count). The first-order valence-corrected chi connectivity index (χ1v) is 7.21. The summed E-state index contributed by atoms with van der Waals surface area (Å²) in [6.45, 7) is 2.12. The highest BCUT2D eigenvalue weighted by molar-refractivity contribution is 6.00. The number of nitrogens with one attached hydrogen (secondary N) is 1. The van der Waals surface area contributed by atoms with E-state index in [2.05, 4.69) is 5.32 Å². The molecule has 23 heavy (non-hydrogen) atoms. The topological polar surface area (TPSA) is 101 Å². The average molecular weight is 312 g/mol. The van der Waals surface area contributed by atoms with Crippen molar-refractivity contribution in [2.24, 2.45) is 5.84 Å². The molecule has 0 saturated carbocycles. The van der Waals surface area contributed by atoms with Crippen LogP contribution in [0.15, 0.2) is 48.5 Å². The van der Waals surface area contributed by atoms with Crippen molar-refractivity contribution >= 4 is 17.5 Å². The molecule has 0 radical (unpaired) electrons. The maximum atomic E-state index is 12.2. The molecule has 6 nitrogen and oxygen atoms in total. The molecule has 0 atom stereocenters. The Morgan fingerprint density at radius 1 is 1.09 bits per heavy atom. The zero-order valence-electron chi connectivity index (χ0n) is 13.0. The number of amides is 2. The highest BCUT2D eigenvalue weighted by atomic mass is 16.2. The fourth-order valence-electron chi connectivity index (χ4n) is 2.13. The smallest absolute Gasteiger partial charge is 0.270 e. The van der Waals surface area contributed by atoms with Crippen molar-refractivity contribution in [2.75, 3.05) is 12.3 Å². The summed E-state index contributed by atoms with van der Waals surface area (Å²) >= 11 is 0. The molecule has 5 N–H and O–H groups in total. The summed E-state index contributed by atoms with van der Waals surface area (Å²) < 4.78 is 0. The van der Waals surface area contributed by atoms with Crippen LogP contribution < -0.4 is 16.9 Å². The molecule has 0 aliphatic rings. The molecule has 0 aromatic heterocycles. The van der Waals surface area contributed by atoms with Crippen molar-refractivity contribution in [3.8, 4) is 0 Å². The van der Waals surface area contributed by atoms with E-state index < -0.39 is 5.91 Å². The van der Waals surface area contributed by atoms with Gasteiger partial charge in [-0.3, -0.25) is 14.6 Å². The van der Waals surface area contributed by atoms with Crippen LogP contribution in [0.5, 0.6) is 0 Å². The quantitative estimate of drug-likeness (QED) is 0.334. The lowest BCUT2D eigenvalue weighted by Crippen LogP contribution is -2.45. The standard InChI is InChI=1S/C17H20N4O2/c1-12-6-2-3-7-13(12)10-20-16(22)11-21(19)17(23)14-8-4-5-9-15(14)18/h2-9H,10-11,18-19H2,1H3,(H,20,22). The van der Waals surface area contributed by atoms with Crippen LogP contribution >= 0.6 is 0 Å². The van der Waals surface area contributed by atoms with E-state index in [0.29, 0.717) is 12.2 Å². The first-order chi connectivity index (χ1) is 11.0. The molecule has 6 heteroatoms. The monoisotopic (exact) mass is 312 g/mol. The van der Waals surface area contributed by atoms with Crippen LogP contribution in [0.4, 0.5) is 5.69 Å². The number of hydrogen-bond acceptors (Lipinski definition) is 4. The van der Waals surface area contributed by atoms with E-state index in [4.69, 9.17) is 11.6 Å². The SMILES string of the molecule is Cc1ccccc1CNC(=O)CN(N)C(=O)c1ccccc1N. The molecule has 2 aromatic rings. The number of carbonyl (C=O) groups is 2. The van der Waals surface area contributed by atoms with Crippen molar-refractivity contribution in [1.29, 1.82) is 0 Å². The van der Waals surface area contributed by atoms with Crippen LogP contribution in [0.1, 0.15) is 21.5 Å². The first kappa shape index (κ1) is 16.5. The number of nitrogens with two attached hydrogens (primary N) is 2. The van der Waals surface area contributed by atoms with Gasteiger partial charge < -0.3 is 11.1 Å². The van der Waals surface area contributed by atoms with Gasteiger partial charge in [0.15, 0.2) is 0 Å². The molecular formula is C17H20N4O2. The Labute approximate surface area is 135 Å². The number of hydrazine groups is 1. The first-order valence-electron chi connectivity index (χ1n) is 7.21. The highest BCUT2D eigenvalue weighted by Crippen LogP contribution is 2.12. The van der Waals surface area contributed by atoms with Crippen LogP contribution in [0.2, 0.25) is 0 Å². The summed E-state index contributed by atoms with van der Waals surface area (Å²) in [4.78, 5) is 24.1. The third-order valence-electron chi connectivity index (χ3n) is 3.50. The minimum Gasteiger partial charge on any atom is -0.398 e. The number of nitrogens with zero attached hydrogens (tertiary/aromatic N) is 1. The Morgan fingerprint density at radius 2 is 1.74 bits per heavy atom.